The minimum absolute atomic E-state index is 0.0159. The van der Waals surface area contributed by atoms with E-state index in [1.807, 2.05) is 6.07 Å². The molecule has 0 spiro atoms. The molecule has 17 heavy (non-hydrogen) atoms. The Labute approximate surface area is 103 Å². The summed E-state index contributed by atoms with van der Waals surface area (Å²) in [6.45, 7) is 6.82. The van der Waals surface area contributed by atoms with Crippen LogP contribution in [0.5, 0.6) is 0 Å². The minimum Gasteiger partial charge on any atom is -0.354 e. The van der Waals surface area contributed by atoms with Gasteiger partial charge in [-0.2, -0.15) is 0 Å². The maximum atomic E-state index is 11.4. The predicted octanol–water partition coefficient (Wildman–Crippen LogP) is 1.79. The van der Waals surface area contributed by atoms with Crippen LogP contribution in [0.1, 0.15) is 25.8 Å². The quantitative estimate of drug-likeness (QED) is 0.843. The summed E-state index contributed by atoms with van der Waals surface area (Å²) >= 11 is 0. The monoisotopic (exact) mass is 232 g/mol. The largest absolute Gasteiger partial charge is 0.354 e. The lowest BCUT2D eigenvalue weighted by molar-refractivity contribution is -0.120. The molecule has 0 saturated carbocycles. The van der Waals surface area contributed by atoms with Crippen molar-refractivity contribution in [3.05, 3.63) is 35.9 Å². The van der Waals surface area contributed by atoms with E-state index in [-0.39, 0.29) is 11.4 Å². The van der Waals surface area contributed by atoms with E-state index in [2.05, 4.69) is 48.3 Å². The Bertz CT molecular complexity index is 386. The zero-order valence-electron chi connectivity index (χ0n) is 10.6. The minimum atomic E-state index is 0.0159. The summed E-state index contributed by atoms with van der Waals surface area (Å²) in [5.41, 5.74) is 1.32. The van der Waals surface area contributed by atoms with E-state index >= 15 is 0 Å². The van der Waals surface area contributed by atoms with Crippen molar-refractivity contribution in [3.8, 4) is 0 Å². The molecule has 1 aliphatic rings. The van der Waals surface area contributed by atoms with Crippen LogP contribution in [0.4, 0.5) is 0 Å². The highest BCUT2D eigenvalue weighted by molar-refractivity contribution is 5.76. The first-order valence-electron chi connectivity index (χ1n) is 6.14. The number of hydrogen-bond acceptors (Lipinski definition) is 2. The molecule has 1 aliphatic heterocycles. The van der Waals surface area contributed by atoms with Gasteiger partial charge in [-0.15, -0.1) is 0 Å². The van der Waals surface area contributed by atoms with Crippen molar-refractivity contribution >= 4 is 5.91 Å². The normalized spacial score (nSPS) is 20.7. The van der Waals surface area contributed by atoms with Gasteiger partial charge in [0.1, 0.15) is 0 Å². The predicted molar refractivity (Wildman–Crippen MR) is 68.6 cm³/mol. The first-order valence-corrected chi connectivity index (χ1v) is 6.14. The molecule has 0 unspecified atom stereocenters. The number of nitrogens with zero attached hydrogens (tertiary/aromatic N) is 1. The number of hydrogen-bond donors (Lipinski definition) is 1. The van der Waals surface area contributed by atoms with Crippen molar-refractivity contribution in [2.75, 3.05) is 13.1 Å². The summed E-state index contributed by atoms with van der Waals surface area (Å²) < 4.78 is 0. The smallest absolute Gasteiger partial charge is 0.221 e. The van der Waals surface area contributed by atoms with Crippen molar-refractivity contribution in [1.29, 1.82) is 0 Å². The molecule has 0 bridgehead atoms. The van der Waals surface area contributed by atoms with E-state index in [0.29, 0.717) is 6.42 Å². The summed E-state index contributed by atoms with van der Waals surface area (Å²) in [6.07, 6.45) is 0.594. The second kappa shape index (κ2) is 4.88. The summed E-state index contributed by atoms with van der Waals surface area (Å²) in [5.74, 6) is 0.161. The van der Waals surface area contributed by atoms with Gasteiger partial charge in [-0.1, -0.05) is 30.3 Å². The molecular formula is C14H20N2O. The van der Waals surface area contributed by atoms with Crippen LogP contribution in [0.15, 0.2) is 30.3 Å². The Morgan fingerprint density at radius 1 is 1.29 bits per heavy atom. The SMILES string of the molecule is CC1(C)CNC(=O)CCN1Cc1ccccc1. The standard InChI is InChI=1S/C14H20N2O/c1-14(2)11-15-13(17)8-9-16(14)10-12-6-4-3-5-7-12/h3-7H,8-11H2,1-2H3,(H,15,17). The highest BCUT2D eigenvalue weighted by Crippen LogP contribution is 2.19. The molecule has 1 saturated heterocycles. The second-order valence-electron chi connectivity index (χ2n) is 5.25. The molecule has 2 rings (SSSR count). The number of nitrogens with one attached hydrogen (secondary N) is 1. The molecule has 1 heterocycles. The molecule has 92 valence electrons. The maximum Gasteiger partial charge on any atom is 0.221 e. The highest BCUT2D eigenvalue weighted by Gasteiger charge is 2.30. The van der Waals surface area contributed by atoms with Gasteiger partial charge in [0.2, 0.25) is 5.91 Å². The molecule has 1 N–H and O–H groups in total. The molecule has 0 aliphatic carbocycles. The van der Waals surface area contributed by atoms with E-state index < -0.39 is 0 Å². The Hall–Kier alpha value is -1.35. The zero-order valence-corrected chi connectivity index (χ0v) is 10.6. The van der Waals surface area contributed by atoms with Crippen LogP contribution in [-0.2, 0) is 11.3 Å². The molecule has 1 fully saturated rings. The summed E-state index contributed by atoms with van der Waals surface area (Å²) in [7, 11) is 0. The summed E-state index contributed by atoms with van der Waals surface area (Å²) in [6, 6.07) is 10.4. The number of carbonyl (C=O) groups excluding carboxylic acids is 1. The van der Waals surface area contributed by atoms with Crippen LogP contribution in [-0.4, -0.2) is 29.4 Å². The van der Waals surface area contributed by atoms with Gasteiger partial charge in [0.15, 0.2) is 0 Å². The molecule has 0 aromatic heterocycles. The topological polar surface area (TPSA) is 32.3 Å². The van der Waals surface area contributed by atoms with Crippen LogP contribution < -0.4 is 5.32 Å². The van der Waals surface area contributed by atoms with Gasteiger partial charge in [0.05, 0.1) is 0 Å². The molecule has 1 amide bonds. The fourth-order valence-corrected chi connectivity index (χ4v) is 2.15. The third-order valence-corrected chi connectivity index (χ3v) is 3.40. The molecule has 0 atom stereocenters. The fraction of sp³-hybridized carbons (Fsp3) is 0.500. The number of amides is 1. The lowest BCUT2D eigenvalue weighted by atomic mass is 10.0. The molecule has 1 aromatic rings. The van der Waals surface area contributed by atoms with E-state index in [0.717, 1.165) is 19.6 Å². The van der Waals surface area contributed by atoms with Crippen molar-refractivity contribution in [2.24, 2.45) is 0 Å². The summed E-state index contributed by atoms with van der Waals surface area (Å²) in [5, 5.41) is 2.97. The van der Waals surface area contributed by atoms with E-state index in [1.54, 1.807) is 0 Å². The van der Waals surface area contributed by atoms with Gasteiger partial charge < -0.3 is 5.32 Å². The van der Waals surface area contributed by atoms with Crippen LogP contribution in [0.25, 0.3) is 0 Å². The molecule has 0 radical (unpaired) electrons. The van der Waals surface area contributed by atoms with Gasteiger partial charge in [-0.25, -0.2) is 0 Å². The molecule has 1 aromatic carbocycles. The number of benzene rings is 1. The van der Waals surface area contributed by atoms with Crippen molar-refractivity contribution in [3.63, 3.8) is 0 Å². The van der Waals surface area contributed by atoms with Gasteiger partial charge in [0, 0.05) is 31.6 Å². The number of carbonyl (C=O) groups is 1. The Morgan fingerprint density at radius 3 is 2.71 bits per heavy atom. The molecule has 3 heteroatoms. The van der Waals surface area contributed by atoms with Crippen molar-refractivity contribution < 1.29 is 4.79 Å². The Morgan fingerprint density at radius 2 is 2.00 bits per heavy atom. The third-order valence-electron chi connectivity index (χ3n) is 3.40. The fourth-order valence-electron chi connectivity index (χ4n) is 2.15. The lowest BCUT2D eigenvalue weighted by Gasteiger charge is -2.36. The zero-order chi connectivity index (χ0) is 12.3. The summed E-state index contributed by atoms with van der Waals surface area (Å²) in [4.78, 5) is 13.8. The maximum absolute atomic E-state index is 11.4. The Balaban J connectivity index is 2.10. The average Bonchev–Trinajstić information content (AvgIpc) is 2.44. The lowest BCUT2D eigenvalue weighted by Crippen LogP contribution is -2.48. The van der Waals surface area contributed by atoms with E-state index in [9.17, 15) is 4.79 Å². The van der Waals surface area contributed by atoms with Crippen molar-refractivity contribution in [1.82, 2.24) is 10.2 Å². The van der Waals surface area contributed by atoms with E-state index in [1.165, 1.54) is 5.56 Å². The second-order valence-corrected chi connectivity index (χ2v) is 5.25. The van der Waals surface area contributed by atoms with Crippen molar-refractivity contribution in [2.45, 2.75) is 32.4 Å². The first-order chi connectivity index (χ1) is 8.08. The molecule has 3 nitrogen and oxygen atoms in total. The van der Waals surface area contributed by atoms with Crippen LogP contribution in [0.2, 0.25) is 0 Å². The third kappa shape index (κ3) is 3.07. The van der Waals surface area contributed by atoms with Gasteiger partial charge in [-0.3, -0.25) is 9.69 Å². The highest BCUT2D eigenvalue weighted by atomic mass is 16.1. The van der Waals surface area contributed by atoms with Crippen LogP contribution in [0, 0.1) is 0 Å². The van der Waals surface area contributed by atoms with Crippen LogP contribution in [0.3, 0.4) is 0 Å². The van der Waals surface area contributed by atoms with Crippen LogP contribution >= 0.6 is 0 Å². The first kappa shape index (κ1) is 12.1. The molecular weight excluding hydrogens is 212 g/mol. The van der Waals surface area contributed by atoms with E-state index in [4.69, 9.17) is 0 Å². The van der Waals surface area contributed by atoms with Gasteiger partial charge >= 0.3 is 0 Å². The number of rotatable bonds is 2. The van der Waals surface area contributed by atoms with Gasteiger partial charge in [-0.05, 0) is 19.4 Å². The Kier molecular flexibility index (Phi) is 3.48. The van der Waals surface area contributed by atoms with Gasteiger partial charge in [0.25, 0.3) is 0 Å². The average molecular weight is 232 g/mol.